The number of carbonyl (C=O) groups excluding carboxylic acids is 2. The van der Waals surface area contributed by atoms with Gasteiger partial charge < -0.3 is 15.0 Å². The molecule has 0 radical (unpaired) electrons. The van der Waals surface area contributed by atoms with Crippen LogP contribution in [0.1, 0.15) is 30.1 Å². The number of ketones is 1. The van der Waals surface area contributed by atoms with Crippen molar-refractivity contribution in [1.29, 1.82) is 0 Å². The minimum Gasteiger partial charge on any atom is -0.453 e. The number of amides is 1. The Morgan fingerprint density at radius 1 is 1.43 bits per heavy atom. The third-order valence-electron chi connectivity index (χ3n) is 3.58. The van der Waals surface area contributed by atoms with E-state index < -0.39 is 5.82 Å². The average Bonchev–Trinajstić information content (AvgIpc) is 2.46. The Morgan fingerprint density at radius 3 is 2.86 bits per heavy atom. The standard InChI is InChI=1S/C15H19FN2O3/c1-10(19)14-12(16)6-3-7-13(14)17-11-5-4-8-18(9-11)15(20)21-2/h3,6-7,11,17H,4-5,8-9H2,1-2H3. The van der Waals surface area contributed by atoms with E-state index in [1.165, 1.54) is 20.1 Å². The molecule has 0 aliphatic carbocycles. The molecule has 1 unspecified atom stereocenters. The molecule has 1 aliphatic heterocycles. The van der Waals surface area contributed by atoms with Crippen molar-refractivity contribution in [2.24, 2.45) is 0 Å². The van der Waals surface area contributed by atoms with Crippen molar-refractivity contribution in [3.63, 3.8) is 0 Å². The fourth-order valence-corrected chi connectivity index (χ4v) is 2.61. The Labute approximate surface area is 123 Å². The molecule has 0 saturated carbocycles. The van der Waals surface area contributed by atoms with Crippen molar-refractivity contribution < 1.29 is 18.7 Å². The number of carbonyl (C=O) groups is 2. The van der Waals surface area contributed by atoms with Crippen LogP contribution < -0.4 is 5.32 Å². The van der Waals surface area contributed by atoms with E-state index in [0.717, 1.165) is 12.8 Å². The highest BCUT2D eigenvalue weighted by Gasteiger charge is 2.25. The molecule has 5 nitrogen and oxygen atoms in total. The predicted molar refractivity (Wildman–Crippen MR) is 77.0 cm³/mol. The number of ether oxygens (including phenoxy) is 1. The van der Waals surface area contributed by atoms with E-state index in [-0.39, 0.29) is 23.5 Å². The number of methoxy groups -OCH3 is 1. The normalized spacial score (nSPS) is 18.2. The first-order chi connectivity index (χ1) is 10.0. The smallest absolute Gasteiger partial charge is 0.409 e. The summed E-state index contributed by atoms with van der Waals surface area (Å²) < 4.78 is 18.5. The van der Waals surface area contributed by atoms with Gasteiger partial charge in [-0.25, -0.2) is 9.18 Å². The number of benzene rings is 1. The van der Waals surface area contributed by atoms with Crippen molar-refractivity contribution in [2.45, 2.75) is 25.8 Å². The van der Waals surface area contributed by atoms with Crippen molar-refractivity contribution in [2.75, 3.05) is 25.5 Å². The average molecular weight is 294 g/mol. The Kier molecular flexibility index (Phi) is 4.77. The Balaban J connectivity index is 2.13. The first kappa shape index (κ1) is 15.3. The third kappa shape index (κ3) is 3.51. The molecule has 114 valence electrons. The fourth-order valence-electron chi connectivity index (χ4n) is 2.61. The topological polar surface area (TPSA) is 58.6 Å². The molecular weight excluding hydrogens is 275 g/mol. The summed E-state index contributed by atoms with van der Waals surface area (Å²) in [6, 6.07) is 4.48. The van der Waals surface area contributed by atoms with E-state index >= 15 is 0 Å². The van der Waals surface area contributed by atoms with Crippen LogP contribution in [0, 0.1) is 5.82 Å². The zero-order valence-corrected chi connectivity index (χ0v) is 12.2. The minimum atomic E-state index is -0.534. The lowest BCUT2D eigenvalue weighted by Crippen LogP contribution is -2.45. The maximum Gasteiger partial charge on any atom is 0.409 e. The number of piperidine rings is 1. The summed E-state index contributed by atoms with van der Waals surface area (Å²) in [6.45, 7) is 2.46. The van der Waals surface area contributed by atoms with Crippen molar-refractivity contribution in [1.82, 2.24) is 4.90 Å². The monoisotopic (exact) mass is 294 g/mol. The van der Waals surface area contributed by atoms with Gasteiger partial charge in [0.2, 0.25) is 0 Å². The highest BCUT2D eigenvalue weighted by molar-refractivity contribution is 5.99. The van der Waals surface area contributed by atoms with Gasteiger partial charge in [0.25, 0.3) is 0 Å². The lowest BCUT2D eigenvalue weighted by atomic mass is 10.0. The van der Waals surface area contributed by atoms with Gasteiger partial charge in [-0.1, -0.05) is 6.07 Å². The summed E-state index contributed by atoms with van der Waals surface area (Å²) in [7, 11) is 1.35. The number of Topliss-reactive ketones (excluding diaryl/α,β-unsaturated/α-hetero) is 1. The number of hydrogen-bond acceptors (Lipinski definition) is 4. The number of anilines is 1. The first-order valence-corrected chi connectivity index (χ1v) is 6.91. The molecule has 1 aromatic carbocycles. The van der Waals surface area contributed by atoms with Gasteiger partial charge in [-0.05, 0) is 31.9 Å². The van der Waals surface area contributed by atoms with Crippen LogP contribution in [0.4, 0.5) is 14.9 Å². The molecule has 0 aromatic heterocycles. The first-order valence-electron chi connectivity index (χ1n) is 6.91. The SMILES string of the molecule is COC(=O)N1CCCC(Nc2cccc(F)c2C(C)=O)C1. The molecule has 1 heterocycles. The second kappa shape index (κ2) is 6.56. The molecule has 21 heavy (non-hydrogen) atoms. The summed E-state index contributed by atoms with van der Waals surface area (Å²) in [5.74, 6) is -0.857. The van der Waals surface area contributed by atoms with Gasteiger partial charge in [-0.2, -0.15) is 0 Å². The number of hydrogen-bond donors (Lipinski definition) is 1. The maximum absolute atomic E-state index is 13.8. The van der Waals surface area contributed by atoms with Crippen LogP contribution >= 0.6 is 0 Å². The molecule has 1 aliphatic rings. The molecule has 1 aromatic rings. The molecule has 0 spiro atoms. The molecule has 1 amide bonds. The zero-order valence-electron chi connectivity index (χ0n) is 12.2. The van der Waals surface area contributed by atoms with Gasteiger partial charge in [0.15, 0.2) is 5.78 Å². The van der Waals surface area contributed by atoms with E-state index in [4.69, 9.17) is 4.74 Å². The minimum absolute atomic E-state index is 0.0299. The van der Waals surface area contributed by atoms with E-state index in [0.29, 0.717) is 18.8 Å². The summed E-state index contributed by atoms with van der Waals surface area (Å²) in [5, 5.41) is 3.17. The quantitative estimate of drug-likeness (QED) is 0.871. The van der Waals surface area contributed by atoms with Gasteiger partial charge in [-0.15, -0.1) is 0 Å². The van der Waals surface area contributed by atoms with Gasteiger partial charge in [-0.3, -0.25) is 4.79 Å². The summed E-state index contributed by atoms with van der Waals surface area (Å²) in [6.07, 6.45) is 1.31. The lowest BCUT2D eigenvalue weighted by Gasteiger charge is -2.33. The summed E-state index contributed by atoms with van der Waals surface area (Å²) in [5.41, 5.74) is 0.534. The number of nitrogens with one attached hydrogen (secondary N) is 1. The molecule has 1 saturated heterocycles. The molecular formula is C15H19FN2O3. The molecule has 2 rings (SSSR count). The van der Waals surface area contributed by atoms with Gasteiger partial charge in [0.1, 0.15) is 5.82 Å². The lowest BCUT2D eigenvalue weighted by molar-refractivity contribution is 0.101. The van der Waals surface area contributed by atoms with Gasteiger partial charge >= 0.3 is 6.09 Å². The van der Waals surface area contributed by atoms with Crippen LogP contribution in [0.2, 0.25) is 0 Å². The molecule has 1 fully saturated rings. The zero-order chi connectivity index (χ0) is 15.4. The summed E-state index contributed by atoms with van der Waals surface area (Å²) in [4.78, 5) is 24.7. The largest absolute Gasteiger partial charge is 0.453 e. The third-order valence-corrected chi connectivity index (χ3v) is 3.58. The Hall–Kier alpha value is -2.11. The van der Waals surface area contributed by atoms with Gasteiger partial charge in [0, 0.05) is 24.8 Å². The van der Waals surface area contributed by atoms with E-state index in [1.54, 1.807) is 17.0 Å². The van der Waals surface area contributed by atoms with E-state index in [2.05, 4.69) is 5.32 Å². The second-order valence-corrected chi connectivity index (χ2v) is 5.12. The number of halogens is 1. The van der Waals surface area contributed by atoms with Crippen LogP contribution in [0.5, 0.6) is 0 Å². The van der Waals surface area contributed by atoms with Crippen LogP contribution in [0.3, 0.4) is 0 Å². The van der Waals surface area contributed by atoms with Crippen molar-refractivity contribution in [3.8, 4) is 0 Å². The molecule has 6 heteroatoms. The summed E-state index contributed by atoms with van der Waals surface area (Å²) >= 11 is 0. The highest BCUT2D eigenvalue weighted by Crippen LogP contribution is 2.23. The number of likely N-dealkylation sites (tertiary alicyclic amines) is 1. The van der Waals surface area contributed by atoms with Gasteiger partial charge in [0.05, 0.1) is 12.7 Å². The van der Waals surface area contributed by atoms with Crippen molar-refractivity contribution in [3.05, 3.63) is 29.6 Å². The van der Waals surface area contributed by atoms with Crippen LogP contribution in [0.25, 0.3) is 0 Å². The Bertz CT molecular complexity index is 548. The van der Waals surface area contributed by atoms with Crippen LogP contribution in [-0.2, 0) is 4.74 Å². The molecule has 0 bridgehead atoms. The Morgan fingerprint density at radius 2 is 2.19 bits per heavy atom. The molecule has 1 atom stereocenters. The number of nitrogens with zero attached hydrogens (tertiary/aromatic N) is 1. The highest BCUT2D eigenvalue weighted by atomic mass is 19.1. The van der Waals surface area contributed by atoms with Crippen LogP contribution in [0.15, 0.2) is 18.2 Å². The van der Waals surface area contributed by atoms with E-state index in [1.807, 2.05) is 0 Å². The van der Waals surface area contributed by atoms with Crippen LogP contribution in [-0.4, -0.2) is 43.0 Å². The molecule has 1 N–H and O–H groups in total. The fraction of sp³-hybridized carbons (Fsp3) is 0.467. The van der Waals surface area contributed by atoms with Crippen molar-refractivity contribution >= 4 is 17.6 Å². The second-order valence-electron chi connectivity index (χ2n) is 5.12. The van der Waals surface area contributed by atoms with E-state index in [9.17, 15) is 14.0 Å². The number of rotatable bonds is 3. The maximum atomic E-state index is 13.8. The predicted octanol–water partition coefficient (Wildman–Crippen LogP) is 2.67.